The fourth-order valence-electron chi connectivity index (χ4n) is 2.49. The van der Waals surface area contributed by atoms with Gasteiger partial charge in [0.25, 0.3) is 0 Å². The highest BCUT2D eigenvalue weighted by molar-refractivity contribution is 6.42. The van der Waals surface area contributed by atoms with Crippen molar-refractivity contribution in [1.29, 1.82) is 0 Å². The number of hydrogen-bond acceptors (Lipinski definition) is 2. The summed E-state index contributed by atoms with van der Waals surface area (Å²) in [6.07, 6.45) is 2.00. The van der Waals surface area contributed by atoms with Gasteiger partial charge in [-0.3, -0.25) is 9.59 Å². The summed E-state index contributed by atoms with van der Waals surface area (Å²) in [6.45, 7) is 0.389. The summed E-state index contributed by atoms with van der Waals surface area (Å²) in [5.74, 6) is 0.159. The van der Waals surface area contributed by atoms with Gasteiger partial charge in [0.1, 0.15) is 6.04 Å². The Balaban J connectivity index is 1.80. The van der Waals surface area contributed by atoms with Crippen molar-refractivity contribution in [2.75, 3.05) is 6.54 Å². The van der Waals surface area contributed by atoms with Crippen molar-refractivity contribution < 1.29 is 9.59 Å². The lowest BCUT2D eigenvalue weighted by molar-refractivity contribution is -0.145. The van der Waals surface area contributed by atoms with Crippen molar-refractivity contribution >= 4 is 35.0 Å². The van der Waals surface area contributed by atoms with Crippen molar-refractivity contribution in [2.24, 2.45) is 5.92 Å². The van der Waals surface area contributed by atoms with Gasteiger partial charge in [-0.2, -0.15) is 0 Å². The first-order chi connectivity index (χ1) is 9.56. The molecule has 0 aromatic heterocycles. The lowest BCUT2D eigenvalue weighted by Crippen LogP contribution is -2.58. The number of nitrogens with one attached hydrogen (secondary N) is 1. The summed E-state index contributed by atoms with van der Waals surface area (Å²) in [6, 6.07) is 4.94. The zero-order valence-corrected chi connectivity index (χ0v) is 12.2. The van der Waals surface area contributed by atoms with Crippen LogP contribution >= 0.6 is 23.2 Å². The topological polar surface area (TPSA) is 49.4 Å². The molecule has 106 valence electrons. The van der Waals surface area contributed by atoms with E-state index in [1.807, 2.05) is 6.07 Å². The van der Waals surface area contributed by atoms with E-state index in [2.05, 4.69) is 5.32 Å². The lowest BCUT2D eigenvalue weighted by atomic mass is 10.1. The van der Waals surface area contributed by atoms with Crippen molar-refractivity contribution in [3.8, 4) is 0 Å². The third kappa shape index (κ3) is 2.63. The fraction of sp³-hybridized carbons (Fsp3) is 0.429. The number of carbonyl (C=O) groups excluding carboxylic acids is 2. The van der Waals surface area contributed by atoms with Gasteiger partial charge in [-0.05, 0) is 30.4 Å². The molecule has 1 aliphatic heterocycles. The van der Waals surface area contributed by atoms with Crippen LogP contribution in [0.15, 0.2) is 18.2 Å². The maximum atomic E-state index is 12.4. The molecule has 6 heteroatoms. The number of rotatable bonds is 3. The molecule has 1 unspecified atom stereocenters. The molecular formula is C14H14Cl2N2O2. The average molecular weight is 313 g/mol. The van der Waals surface area contributed by atoms with E-state index in [0.717, 1.165) is 18.4 Å². The van der Waals surface area contributed by atoms with Crippen LogP contribution in [0.1, 0.15) is 18.4 Å². The van der Waals surface area contributed by atoms with E-state index in [-0.39, 0.29) is 24.4 Å². The molecule has 4 nitrogen and oxygen atoms in total. The van der Waals surface area contributed by atoms with Gasteiger partial charge in [-0.25, -0.2) is 0 Å². The number of halogens is 2. The van der Waals surface area contributed by atoms with Crippen molar-refractivity contribution in [2.45, 2.75) is 25.4 Å². The average Bonchev–Trinajstić information content (AvgIpc) is 3.23. The molecule has 1 heterocycles. The zero-order chi connectivity index (χ0) is 14.3. The first-order valence-corrected chi connectivity index (χ1v) is 7.33. The number of amides is 2. The zero-order valence-electron chi connectivity index (χ0n) is 10.7. The van der Waals surface area contributed by atoms with Crippen LogP contribution in [0.5, 0.6) is 0 Å². The van der Waals surface area contributed by atoms with E-state index in [9.17, 15) is 9.59 Å². The van der Waals surface area contributed by atoms with Crippen LogP contribution < -0.4 is 5.32 Å². The summed E-state index contributed by atoms with van der Waals surface area (Å²) >= 11 is 12.1. The van der Waals surface area contributed by atoms with E-state index < -0.39 is 0 Å². The molecule has 1 saturated carbocycles. The largest absolute Gasteiger partial charge is 0.342 e. The Morgan fingerprint density at radius 3 is 2.70 bits per heavy atom. The second-order valence-corrected chi connectivity index (χ2v) is 6.08. The Morgan fingerprint density at radius 2 is 2.00 bits per heavy atom. The maximum absolute atomic E-state index is 12.4. The molecule has 1 N–H and O–H groups in total. The van der Waals surface area contributed by atoms with Crippen molar-refractivity contribution in [1.82, 2.24) is 10.2 Å². The molecule has 2 amide bonds. The highest BCUT2D eigenvalue weighted by Crippen LogP contribution is 2.35. The van der Waals surface area contributed by atoms with Gasteiger partial charge in [0.05, 0.1) is 16.6 Å². The van der Waals surface area contributed by atoms with Crippen molar-refractivity contribution in [3.05, 3.63) is 33.8 Å². The molecule has 0 spiro atoms. The third-order valence-electron chi connectivity index (χ3n) is 3.71. The minimum atomic E-state index is -0.366. The Labute approximate surface area is 127 Å². The second-order valence-electron chi connectivity index (χ2n) is 5.29. The smallest absolute Gasteiger partial charge is 0.246 e. The number of hydrogen-bond donors (Lipinski definition) is 1. The van der Waals surface area contributed by atoms with Crippen LogP contribution in [0.3, 0.4) is 0 Å². The monoisotopic (exact) mass is 312 g/mol. The van der Waals surface area contributed by atoms with Crippen molar-refractivity contribution in [3.63, 3.8) is 0 Å². The van der Waals surface area contributed by atoms with Gasteiger partial charge in [-0.15, -0.1) is 0 Å². The first-order valence-electron chi connectivity index (χ1n) is 6.57. The minimum absolute atomic E-state index is 0.0249. The predicted molar refractivity (Wildman–Crippen MR) is 76.5 cm³/mol. The van der Waals surface area contributed by atoms with Crippen LogP contribution in [0.25, 0.3) is 0 Å². The normalized spacial score (nSPS) is 22.9. The first kappa shape index (κ1) is 13.7. The molecule has 1 saturated heterocycles. The van der Waals surface area contributed by atoms with Crippen LogP contribution in [0.2, 0.25) is 10.0 Å². The van der Waals surface area contributed by atoms with Gasteiger partial charge in [0, 0.05) is 6.54 Å². The quantitative estimate of drug-likeness (QED) is 0.930. The van der Waals surface area contributed by atoms with Gasteiger partial charge < -0.3 is 10.2 Å². The van der Waals surface area contributed by atoms with Gasteiger partial charge >= 0.3 is 0 Å². The Morgan fingerprint density at radius 1 is 1.25 bits per heavy atom. The number of carbonyl (C=O) groups is 2. The fourth-order valence-corrected chi connectivity index (χ4v) is 2.87. The Bertz CT molecular complexity index is 572. The van der Waals surface area contributed by atoms with Gasteiger partial charge in [0.2, 0.25) is 11.8 Å². The summed E-state index contributed by atoms with van der Waals surface area (Å²) < 4.78 is 0. The lowest BCUT2D eigenvalue weighted by Gasteiger charge is -2.33. The SMILES string of the molecule is O=C1CN(Cc2cccc(Cl)c2Cl)C(=O)C(C2CC2)N1. The molecule has 2 aliphatic rings. The Kier molecular flexibility index (Phi) is 3.61. The third-order valence-corrected chi connectivity index (χ3v) is 4.57. The predicted octanol–water partition coefficient (Wildman–Crippen LogP) is 2.23. The van der Waals surface area contributed by atoms with E-state index in [4.69, 9.17) is 23.2 Å². The van der Waals surface area contributed by atoms with E-state index in [1.165, 1.54) is 0 Å². The number of benzene rings is 1. The summed E-state index contributed by atoms with van der Waals surface area (Å²) in [4.78, 5) is 25.7. The molecule has 1 aromatic carbocycles. The number of nitrogens with zero attached hydrogens (tertiary/aromatic N) is 1. The van der Waals surface area contributed by atoms with Crippen LogP contribution in [0, 0.1) is 5.92 Å². The summed E-state index contributed by atoms with van der Waals surface area (Å²) in [7, 11) is 0. The highest BCUT2D eigenvalue weighted by Gasteiger charge is 2.42. The molecule has 1 aliphatic carbocycles. The molecule has 1 atom stereocenters. The second kappa shape index (κ2) is 5.26. The molecule has 20 heavy (non-hydrogen) atoms. The summed E-state index contributed by atoms with van der Waals surface area (Å²) in [5.41, 5.74) is 0.761. The van der Waals surface area contributed by atoms with Crippen LogP contribution in [0.4, 0.5) is 0 Å². The molecular weight excluding hydrogens is 299 g/mol. The molecule has 2 fully saturated rings. The van der Waals surface area contributed by atoms with Gasteiger partial charge in [-0.1, -0.05) is 35.3 Å². The molecule has 0 radical (unpaired) electrons. The molecule has 1 aromatic rings. The van der Waals surface area contributed by atoms with E-state index in [1.54, 1.807) is 17.0 Å². The molecule has 0 bridgehead atoms. The van der Waals surface area contributed by atoms with Crippen LogP contribution in [-0.2, 0) is 16.1 Å². The highest BCUT2D eigenvalue weighted by atomic mass is 35.5. The number of piperazine rings is 1. The standard InChI is InChI=1S/C14H14Cl2N2O2/c15-10-3-1-2-9(12(10)16)6-18-7-11(19)17-13(14(18)20)8-4-5-8/h1-3,8,13H,4-7H2,(H,17,19). The van der Waals surface area contributed by atoms with Crippen LogP contribution in [-0.4, -0.2) is 29.3 Å². The minimum Gasteiger partial charge on any atom is -0.342 e. The Hall–Kier alpha value is -1.26. The molecule has 3 rings (SSSR count). The van der Waals surface area contributed by atoms with E-state index >= 15 is 0 Å². The summed E-state index contributed by atoms with van der Waals surface area (Å²) in [5, 5.41) is 3.68. The van der Waals surface area contributed by atoms with E-state index in [0.29, 0.717) is 22.5 Å². The van der Waals surface area contributed by atoms with Gasteiger partial charge in [0.15, 0.2) is 0 Å². The maximum Gasteiger partial charge on any atom is 0.246 e.